The molecule has 6 N–H and O–H groups in total. The normalized spacial score (nSPS) is 16.4. The lowest BCUT2D eigenvalue weighted by atomic mass is 10.1. The van der Waals surface area contributed by atoms with Crippen LogP contribution in [-0.2, 0) is 6.18 Å². The van der Waals surface area contributed by atoms with E-state index in [1.807, 2.05) is 0 Å². The molecule has 1 fully saturated rings. The first kappa shape index (κ1) is 20.3. The van der Waals surface area contributed by atoms with E-state index in [-0.39, 0.29) is 12.4 Å². The fraction of sp³-hybridized carbons (Fsp3) is 0.278. The molecule has 1 heterocycles. The highest BCUT2D eigenvalue weighted by molar-refractivity contribution is 8.00. The van der Waals surface area contributed by atoms with Gasteiger partial charge in [0, 0.05) is 28.4 Å². The monoisotopic (exact) mass is 411 g/mol. The lowest BCUT2D eigenvalue weighted by Gasteiger charge is -2.37. The summed E-state index contributed by atoms with van der Waals surface area (Å²) in [5.74, 6) is 7.13. The number of rotatable bonds is 6. The second-order valence-electron chi connectivity index (χ2n) is 6.55. The van der Waals surface area contributed by atoms with Crippen LogP contribution in [0, 0.1) is 0 Å². The maximum Gasteiger partial charge on any atom is 0.416 e. The van der Waals surface area contributed by atoms with Gasteiger partial charge >= 0.3 is 6.18 Å². The average Bonchev–Trinajstić information content (AvgIpc) is 2.60. The van der Waals surface area contributed by atoms with Crippen molar-refractivity contribution in [2.45, 2.75) is 11.8 Å². The summed E-state index contributed by atoms with van der Waals surface area (Å²) >= 11 is 1.62. The van der Waals surface area contributed by atoms with E-state index in [0.717, 1.165) is 17.3 Å². The van der Waals surface area contributed by atoms with E-state index in [4.69, 9.17) is 11.6 Å². The number of alkyl halides is 3. The van der Waals surface area contributed by atoms with E-state index in [0.29, 0.717) is 28.4 Å². The number of hydrazone groups is 1. The Morgan fingerprint density at radius 2 is 1.82 bits per heavy atom. The SMILES string of the molecule is N/C(=N\N(N)CC1(O)CSC1)c1ccccc1Nc1ccc(C(F)(F)F)cc1. The van der Waals surface area contributed by atoms with Crippen LogP contribution < -0.4 is 16.9 Å². The number of benzene rings is 2. The van der Waals surface area contributed by atoms with Crippen molar-refractivity contribution in [3.63, 3.8) is 0 Å². The first-order valence-corrected chi connectivity index (χ1v) is 9.52. The van der Waals surface area contributed by atoms with E-state index in [1.54, 1.807) is 36.0 Å². The van der Waals surface area contributed by atoms with Crippen molar-refractivity contribution in [1.82, 2.24) is 5.12 Å². The molecule has 2 aromatic rings. The molecule has 3 rings (SSSR count). The van der Waals surface area contributed by atoms with Crippen LogP contribution >= 0.6 is 11.8 Å². The van der Waals surface area contributed by atoms with Crippen LogP contribution in [0.3, 0.4) is 0 Å². The number of halogens is 3. The second-order valence-corrected chi connectivity index (χ2v) is 7.53. The maximum absolute atomic E-state index is 12.7. The van der Waals surface area contributed by atoms with Gasteiger partial charge in [-0.05, 0) is 36.4 Å². The third kappa shape index (κ3) is 4.89. The third-order valence-electron chi connectivity index (χ3n) is 4.13. The van der Waals surface area contributed by atoms with E-state index in [1.165, 1.54) is 12.1 Å². The fourth-order valence-electron chi connectivity index (χ4n) is 2.67. The molecule has 150 valence electrons. The molecule has 0 saturated carbocycles. The topological polar surface area (TPSA) is 99.9 Å². The van der Waals surface area contributed by atoms with Crippen LogP contribution in [0.25, 0.3) is 0 Å². The Hall–Kier alpha value is -2.43. The molecule has 28 heavy (non-hydrogen) atoms. The third-order valence-corrected chi connectivity index (χ3v) is 5.61. The molecule has 0 amide bonds. The van der Waals surface area contributed by atoms with Gasteiger partial charge in [0.05, 0.1) is 12.1 Å². The van der Waals surface area contributed by atoms with E-state index in [9.17, 15) is 18.3 Å². The Morgan fingerprint density at radius 1 is 1.18 bits per heavy atom. The number of para-hydroxylation sites is 1. The number of nitrogens with two attached hydrogens (primary N) is 2. The van der Waals surface area contributed by atoms with Gasteiger partial charge in [-0.1, -0.05) is 12.1 Å². The minimum Gasteiger partial charge on any atom is -0.386 e. The molecule has 0 spiro atoms. The Labute approximate surface area is 164 Å². The number of nitrogens with one attached hydrogen (secondary N) is 1. The lowest BCUT2D eigenvalue weighted by molar-refractivity contribution is -0.137. The highest BCUT2D eigenvalue weighted by Crippen LogP contribution is 2.31. The average molecular weight is 411 g/mol. The molecule has 10 heteroatoms. The number of thioether (sulfide) groups is 1. The number of hydrogen-bond acceptors (Lipinski definition) is 6. The van der Waals surface area contributed by atoms with Crippen molar-refractivity contribution in [2.75, 3.05) is 23.4 Å². The largest absolute Gasteiger partial charge is 0.416 e. The molecule has 1 aliphatic rings. The second kappa shape index (κ2) is 7.90. The summed E-state index contributed by atoms with van der Waals surface area (Å²) in [7, 11) is 0. The first-order chi connectivity index (χ1) is 13.2. The van der Waals surface area contributed by atoms with E-state index >= 15 is 0 Å². The van der Waals surface area contributed by atoms with Crippen molar-refractivity contribution in [3.05, 3.63) is 59.7 Å². The highest BCUT2D eigenvalue weighted by atomic mass is 32.2. The molecule has 0 bridgehead atoms. The van der Waals surface area contributed by atoms with Gasteiger partial charge in [0.2, 0.25) is 0 Å². The van der Waals surface area contributed by atoms with Crippen molar-refractivity contribution < 1.29 is 18.3 Å². The Balaban J connectivity index is 1.76. The molecule has 0 radical (unpaired) electrons. The van der Waals surface area contributed by atoms with E-state index < -0.39 is 17.3 Å². The molecular weight excluding hydrogens is 391 g/mol. The van der Waals surface area contributed by atoms with Gasteiger partial charge in [-0.25, -0.2) is 11.0 Å². The molecule has 0 atom stereocenters. The van der Waals surface area contributed by atoms with Crippen molar-refractivity contribution in [3.8, 4) is 0 Å². The Morgan fingerprint density at radius 3 is 2.39 bits per heavy atom. The zero-order valence-electron chi connectivity index (χ0n) is 14.8. The van der Waals surface area contributed by atoms with Gasteiger partial charge in [-0.15, -0.1) is 5.10 Å². The predicted molar refractivity (Wildman–Crippen MR) is 105 cm³/mol. The van der Waals surface area contributed by atoms with E-state index in [2.05, 4.69) is 10.4 Å². The summed E-state index contributed by atoms with van der Waals surface area (Å²) in [6, 6.07) is 11.6. The molecule has 6 nitrogen and oxygen atoms in total. The molecular formula is C18H20F3N5OS. The van der Waals surface area contributed by atoms with Crippen LogP contribution in [0.15, 0.2) is 53.6 Å². The van der Waals surface area contributed by atoms with Crippen LogP contribution in [0.5, 0.6) is 0 Å². The molecule has 1 saturated heterocycles. The quantitative estimate of drug-likeness (QED) is 0.252. The highest BCUT2D eigenvalue weighted by Gasteiger charge is 2.36. The number of hydrogen-bond donors (Lipinski definition) is 4. The molecule has 0 aliphatic carbocycles. The molecule has 0 aromatic heterocycles. The zero-order valence-corrected chi connectivity index (χ0v) is 15.6. The van der Waals surface area contributed by atoms with Crippen molar-refractivity contribution in [1.29, 1.82) is 0 Å². The Kier molecular flexibility index (Phi) is 5.73. The van der Waals surface area contributed by atoms with Gasteiger partial charge in [-0.3, -0.25) is 0 Å². The molecule has 1 aliphatic heterocycles. The number of aliphatic hydroxyl groups is 1. The van der Waals surface area contributed by atoms with Crippen LogP contribution in [0.1, 0.15) is 11.1 Å². The smallest absolute Gasteiger partial charge is 0.386 e. The maximum atomic E-state index is 12.7. The van der Waals surface area contributed by atoms with Crippen LogP contribution in [0.4, 0.5) is 24.5 Å². The van der Waals surface area contributed by atoms with Gasteiger partial charge < -0.3 is 16.2 Å². The van der Waals surface area contributed by atoms with Gasteiger partial charge in [0.15, 0.2) is 5.84 Å². The zero-order chi connectivity index (χ0) is 20.4. The van der Waals surface area contributed by atoms with Gasteiger partial charge in [-0.2, -0.15) is 24.9 Å². The summed E-state index contributed by atoms with van der Waals surface area (Å²) in [5.41, 5.74) is 6.04. The Bertz CT molecular complexity index is 853. The predicted octanol–water partition coefficient (Wildman–Crippen LogP) is 2.72. The van der Waals surface area contributed by atoms with Crippen molar-refractivity contribution >= 4 is 29.0 Å². The lowest BCUT2D eigenvalue weighted by Crippen LogP contribution is -2.53. The van der Waals surface area contributed by atoms with Crippen LogP contribution in [-0.4, -0.2) is 39.7 Å². The summed E-state index contributed by atoms with van der Waals surface area (Å²) in [4.78, 5) is 0. The van der Waals surface area contributed by atoms with Crippen LogP contribution in [0.2, 0.25) is 0 Å². The fourth-order valence-corrected chi connectivity index (χ4v) is 3.53. The minimum atomic E-state index is -4.39. The number of anilines is 2. The van der Waals surface area contributed by atoms with Crippen molar-refractivity contribution in [2.24, 2.45) is 16.7 Å². The number of amidine groups is 1. The summed E-state index contributed by atoms with van der Waals surface area (Å²) in [6.07, 6.45) is -4.39. The summed E-state index contributed by atoms with van der Waals surface area (Å²) in [6.45, 7) is 0.148. The number of nitrogens with zero attached hydrogens (tertiary/aromatic N) is 2. The number of hydrazine groups is 1. The minimum absolute atomic E-state index is 0.119. The first-order valence-electron chi connectivity index (χ1n) is 8.36. The standard InChI is InChI=1S/C18H20F3N5OS/c19-18(20,21)12-5-7-13(8-6-12)24-15-4-2-1-3-14(15)16(22)25-26(23)9-17(27)10-28-11-17/h1-8,24,27H,9-11,23H2,(H2,22,25). The molecule has 0 unspecified atom stereocenters. The van der Waals surface area contributed by atoms with Gasteiger partial charge in [0.1, 0.15) is 5.60 Å². The molecule has 2 aromatic carbocycles. The van der Waals surface area contributed by atoms with Gasteiger partial charge in [0.25, 0.3) is 0 Å². The summed E-state index contributed by atoms with van der Waals surface area (Å²) in [5, 5.41) is 18.4. The summed E-state index contributed by atoms with van der Waals surface area (Å²) < 4.78 is 38.1.